The first-order valence-corrected chi connectivity index (χ1v) is 9.70. The zero-order valence-electron chi connectivity index (χ0n) is 16.2. The van der Waals surface area contributed by atoms with Crippen molar-refractivity contribution in [2.75, 3.05) is 6.54 Å². The number of rotatable bonds is 6. The van der Waals surface area contributed by atoms with Crippen LogP contribution in [0.4, 0.5) is 0 Å². The molecule has 1 heterocycles. The van der Waals surface area contributed by atoms with Crippen molar-refractivity contribution in [1.82, 2.24) is 5.32 Å². The highest BCUT2D eigenvalue weighted by Gasteiger charge is 2.17. The van der Waals surface area contributed by atoms with E-state index in [-0.39, 0.29) is 18.0 Å². The van der Waals surface area contributed by atoms with Crippen LogP contribution in [-0.2, 0) is 4.79 Å². The van der Waals surface area contributed by atoms with Crippen molar-refractivity contribution in [3.05, 3.63) is 84.1 Å². The minimum atomic E-state index is -0.166. The molecule has 1 amide bonds. The molecule has 0 fully saturated rings. The first-order valence-electron chi connectivity index (χ1n) is 9.70. The first kappa shape index (κ1) is 18.3. The zero-order valence-corrected chi connectivity index (χ0v) is 16.2. The van der Waals surface area contributed by atoms with Gasteiger partial charge in [-0.25, -0.2) is 0 Å². The van der Waals surface area contributed by atoms with Crippen LogP contribution in [-0.4, -0.2) is 12.5 Å². The topological polar surface area (TPSA) is 58.9 Å². The van der Waals surface area contributed by atoms with Crippen molar-refractivity contribution in [2.45, 2.75) is 25.9 Å². The number of amides is 1. The monoisotopic (exact) mass is 373 g/mol. The fourth-order valence-electron chi connectivity index (χ4n) is 3.65. The second-order valence-corrected chi connectivity index (χ2v) is 7.27. The molecule has 3 aromatic carbocycles. The Balaban J connectivity index is 1.38. The maximum atomic E-state index is 12.5. The summed E-state index contributed by atoms with van der Waals surface area (Å²) in [5, 5.41) is 8.63. The van der Waals surface area contributed by atoms with E-state index in [1.165, 1.54) is 16.3 Å². The lowest BCUT2D eigenvalue weighted by atomic mass is 10.00. The highest BCUT2D eigenvalue weighted by molar-refractivity contribution is 5.86. The third-order valence-corrected chi connectivity index (χ3v) is 5.22. The smallest absolute Gasteiger partial charge is 0.275 e. The number of benzene rings is 3. The molecule has 0 saturated heterocycles. The summed E-state index contributed by atoms with van der Waals surface area (Å²) in [6, 6.07) is 24.6. The number of furan rings is 1. The van der Waals surface area contributed by atoms with Gasteiger partial charge in [-0.1, -0.05) is 60.7 Å². The van der Waals surface area contributed by atoms with E-state index in [4.69, 9.17) is 4.42 Å². The van der Waals surface area contributed by atoms with Gasteiger partial charge >= 0.3 is 0 Å². The molecular formula is C24H25N2O2+. The van der Waals surface area contributed by atoms with Gasteiger partial charge in [0.05, 0.1) is 6.04 Å². The third kappa shape index (κ3) is 3.78. The molecule has 0 saturated carbocycles. The number of hydrogen-bond acceptors (Lipinski definition) is 2. The SMILES string of the molecule is C[C@@H](NC(=O)C[NH2+][C@H](C)c1cccc2ccccc12)c1cc2ccccc2o1. The van der Waals surface area contributed by atoms with E-state index in [0.29, 0.717) is 6.54 Å². The molecule has 4 aromatic rings. The van der Waals surface area contributed by atoms with Crippen LogP contribution in [0.25, 0.3) is 21.7 Å². The lowest BCUT2D eigenvalue weighted by Gasteiger charge is -2.15. The molecule has 3 N–H and O–H groups in total. The van der Waals surface area contributed by atoms with Crippen LogP contribution in [0.15, 0.2) is 77.2 Å². The highest BCUT2D eigenvalue weighted by atomic mass is 16.3. The lowest BCUT2D eigenvalue weighted by molar-refractivity contribution is -0.682. The number of quaternary nitrogens is 1. The van der Waals surface area contributed by atoms with Crippen molar-refractivity contribution in [1.29, 1.82) is 0 Å². The maximum Gasteiger partial charge on any atom is 0.275 e. The average molecular weight is 373 g/mol. The molecule has 4 rings (SSSR count). The average Bonchev–Trinajstić information content (AvgIpc) is 3.16. The van der Waals surface area contributed by atoms with Crippen molar-refractivity contribution in [3.63, 3.8) is 0 Å². The highest BCUT2D eigenvalue weighted by Crippen LogP contribution is 2.24. The minimum Gasteiger partial charge on any atom is -0.459 e. The fourth-order valence-corrected chi connectivity index (χ4v) is 3.65. The molecular weight excluding hydrogens is 348 g/mol. The van der Waals surface area contributed by atoms with Crippen LogP contribution >= 0.6 is 0 Å². The summed E-state index contributed by atoms with van der Waals surface area (Å²) in [6.45, 7) is 4.45. The van der Waals surface area contributed by atoms with Gasteiger partial charge in [-0.15, -0.1) is 0 Å². The van der Waals surface area contributed by atoms with E-state index in [1.807, 2.05) is 43.3 Å². The van der Waals surface area contributed by atoms with E-state index in [9.17, 15) is 4.79 Å². The molecule has 1 aromatic heterocycles. The van der Waals surface area contributed by atoms with Gasteiger partial charge in [0.25, 0.3) is 5.91 Å². The predicted molar refractivity (Wildman–Crippen MR) is 112 cm³/mol. The molecule has 28 heavy (non-hydrogen) atoms. The van der Waals surface area contributed by atoms with Crippen LogP contribution < -0.4 is 10.6 Å². The number of carbonyl (C=O) groups excluding carboxylic acids is 1. The van der Waals surface area contributed by atoms with E-state index in [0.717, 1.165) is 16.7 Å². The van der Waals surface area contributed by atoms with Crippen molar-refractivity contribution in [3.8, 4) is 0 Å². The molecule has 2 atom stereocenters. The molecule has 4 heteroatoms. The number of para-hydroxylation sites is 1. The normalized spacial score (nSPS) is 13.5. The Kier molecular flexibility index (Phi) is 5.13. The summed E-state index contributed by atoms with van der Waals surface area (Å²) in [5.74, 6) is 0.775. The number of hydrogen-bond donors (Lipinski definition) is 2. The second kappa shape index (κ2) is 7.87. The Bertz CT molecular complexity index is 1080. The first-order chi connectivity index (χ1) is 13.6. The summed E-state index contributed by atoms with van der Waals surface area (Å²) in [5.41, 5.74) is 2.09. The summed E-state index contributed by atoms with van der Waals surface area (Å²) in [7, 11) is 0. The molecule has 0 radical (unpaired) electrons. The summed E-state index contributed by atoms with van der Waals surface area (Å²) in [4.78, 5) is 12.5. The van der Waals surface area contributed by atoms with Crippen LogP contribution in [0.3, 0.4) is 0 Å². The van der Waals surface area contributed by atoms with E-state index >= 15 is 0 Å². The minimum absolute atomic E-state index is 0.0000396. The zero-order chi connectivity index (χ0) is 19.5. The van der Waals surface area contributed by atoms with Gasteiger partial charge in [0.1, 0.15) is 17.4 Å². The van der Waals surface area contributed by atoms with E-state index in [2.05, 4.69) is 54.0 Å². The molecule has 4 nitrogen and oxygen atoms in total. The predicted octanol–water partition coefficient (Wildman–Crippen LogP) is 4.09. The largest absolute Gasteiger partial charge is 0.459 e. The number of nitrogens with one attached hydrogen (secondary N) is 1. The van der Waals surface area contributed by atoms with Crippen molar-refractivity contribution >= 4 is 27.6 Å². The maximum absolute atomic E-state index is 12.5. The van der Waals surface area contributed by atoms with Crippen LogP contribution in [0, 0.1) is 0 Å². The second-order valence-electron chi connectivity index (χ2n) is 7.27. The Morgan fingerprint density at radius 1 is 0.964 bits per heavy atom. The molecule has 0 aliphatic heterocycles. The summed E-state index contributed by atoms with van der Waals surface area (Å²) >= 11 is 0. The molecule has 142 valence electrons. The number of carbonyl (C=O) groups is 1. The van der Waals surface area contributed by atoms with E-state index < -0.39 is 0 Å². The van der Waals surface area contributed by atoms with Crippen LogP contribution in [0.5, 0.6) is 0 Å². The molecule has 0 aliphatic carbocycles. The molecule has 0 spiro atoms. The van der Waals surface area contributed by atoms with Gasteiger partial charge in [-0.2, -0.15) is 0 Å². The van der Waals surface area contributed by atoms with E-state index in [1.54, 1.807) is 0 Å². The third-order valence-electron chi connectivity index (χ3n) is 5.22. The molecule has 0 bridgehead atoms. The van der Waals surface area contributed by atoms with Gasteiger partial charge in [0.2, 0.25) is 0 Å². The Morgan fingerprint density at radius 2 is 1.68 bits per heavy atom. The Labute approximate surface area is 164 Å². The quantitative estimate of drug-likeness (QED) is 0.535. The van der Waals surface area contributed by atoms with Gasteiger partial charge in [-0.3, -0.25) is 4.79 Å². The summed E-state index contributed by atoms with van der Waals surface area (Å²) in [6.07, 6.45) is 0. The van der Waals surface area contributed by atoms with Gasteiger partial charge in [-0.05, 0) is 36.8 Å². The van der Waals surface area contributed by atoms with Crippen molar-refractivity contribution in [2.24, 2.45) is 0 Å². The molecule has 0 unspecified atom stereocenters. The lowest BCUT2D eigenvalue weighted by Crippen LogP contribution is -2.87. The number of fused-ring (bicyclic) bond motifs is 2. The van der Waals surface area contributed by atoms with Crippen molar-refractivity contribution < 1.29 is 14.5 Å². The van der Waals surface area contributed by atoms with Gasteiger partial charge in [0.15, 0.2) is 6.54 Å². The van der Waals surface area contributed by atoms with Gasteiger partial charge < -0.3 is 15.1 Å². The molecule has 0 aliphatic rings. The standard InChI is InChI=1S/C24H24N2O2/c1-16(20-12-7-10-18-8-3-5-11-21(18)20)25-15-24(27)26-17(2)23-14-19-9-4-6-13-22(19)28-23/h3-14,16-17,25H,15H2,1-2H3,(H,26,27)/p+1/t16-,17-/m1/s1. The van der Waals surface area contributed by atoms with Crippen LogP contribution in [0.2, 0.25) is 0 Å². The van der Waals surface area contributed by atoms with Crippen LogP contribution in [0.1, 0.15) is 37.3 Å². The Hall–Kier alpha value is -3.11. The van der Waals surface area contributed by atoms with Gasteiger partial charge in [0, 0.05) is 10.9 Å². The number of nitrogens with two attached hydrogens (primary N) is 1. The Morgan fingerprint density at radius 3 is 2.50 bits per heavy atom. The summed E-state index contributed by atoms with van der Waals surface area (Å²) < 4.78 is 5.85. The fraction of sp³-hybridized carbons (Fsp3) is 0.208.